The molecular formula is C6H11NOS. The van der Waals surface area contributed by atoms with E-state index in [1.54, 1.807) is 11.8 Å². The van der Waals surface area contributed by atoms with Gasteiger partial charge in [0.15, 0.2) is 0 Å². The van der Waals surface area contributed by atoms with E-state index in [0.717, 1.165) is 5.75 Å². The number of nitrogens with one attached hydrogen (secondary N) is 1. The molecule has 0 aliphatic carbocycles. The molecule has 0 atom stereocenters. The molecule has 1 aliphatic heterocycles. The summed E-state index contributed by atoms with van der Waals surface area (Å²) in [4.78, 5) is 10.7. The predicted molar refractivity (Wildman–Crippen MR) is 39.5 cm³/mol. The van der Waals surface area contributed by atoms with E-state index >= 15 is 0 Å². The smallest absolute Gasteiger partial charge is 0.230 e. The molecule has 0 saturated carbocycles. The Hall–Kier alpha value is -0.180. The van der Waals surface area contributed by atoms with Gasteiger partial charge in [0.25, 0.3) is 0 Å². The highest BCUT2D eigenvalue weighted by Gasteiger charge is 2.24. The van der Waals surface area contributed by atoms with E-state index in [-0.39, 0.29) is 11.4 Å². The molecule has 2 nitrogen and oxygen atoms in total. The molecule has 52 valence electrons. The van der Waals surface area contributed by atoms with Crippen LogP contribution in [0.25, 0.3) is 0 Å². The van der Waals surface area contributed by atoms with Crippen molar-refractivity contribution in [3.8, 4) is 0 Å². The molecule has 0 aromatic heterocycles. The number of carbonyl (C=O) groups is 1. The Morgan fingerprint density at radius 2 is 2.33 bits per heavy atom. The molecule has 1 saturated heterocycles. The van der Waals surface area contributed by atoms with Gasteiger partial charge in [0.05, 0.1) is 5.75 Å². The minimum Gasteiger partial charge on any atom is -0.350 e. The number of thioether (sulfide) groups is 1. The van der Waals surface area contributed by atoms with Crippen LogP contribution in [0.4, 0.5) is 0 Å². The molecule has 1 heterocycles. The van der Waals surface area contributed by atoms with Gasteiger partial charge in [-0.1, -0.05) is 0 Å². The van der Waals surface area contributed by atoms with Crippen LogP contribution < -0.4 is 5.32 Å². The summed E-state index contributed by atoms with van der Waals surface area (Å²) >= 11 is 1.70. The second-order valence-electron chi connectivity index (χ2n) is 2.92. The third kappa shape index (κ3) is 1.90. The molecule has 3 heteroatoms. The molecule has 1 fully saturated rings. The van der Waals surface area contributed by atoms with Crippen molar-refractivity contribution in [2.45, 2.75) is 19.4 Å². The van der Waals surface area contributed by atoms with Crippen molar-refractivity contribution in [3.05, 3.63) is 0 Å². The van der Waals surface area contributed by atoms with Crippen molar-refractivity contribution in [3.63, 3.8) is 0 Å². The third-order valence-corrected chi connectivity index (χ3v) is 2.57. The first-order chi connectivity index (χ1) is 4.10. The maximum Gasteiger partial charge on any atom is 0.230 e. The summed E-state index contributed by atoms with van der Waals surface area (Å²) in [6, 6.07) is 0. The molecule has 1 N–H and O–H groups in total. The van der Waals surface area contributed by atoms with Crippen LogP contribution in [0.5, 0.6) is 0 Å². The average Bonchev–Trinajstić information content (AvgIpc) is 1.60. The molecule has 0 unspecified atom stereocenters. The monoisotopic (exact) mass is 145 g/mol. The SMILES string of the molecule is CC1(C)CSCC(=O)N1. The summed E-state index contributed by atoms with van der Waals surface area (Å²) in [6.07, 6.45) is 0. The molecule has 9 heavy (non-hydrogen) atoms. The summed E-state index contributed by atoms with van der Waals surface area (Å²) in [6.45, 7) is 4.08. The fraction of sp³-hybridized carbons (Fsp3) is 0.833. The Bertz CT molecular complexity index is 133. The summed E-state index contributed by atoms with van der Waals surface area (Å²) in [5, 5.41) is 2.90. The zero-order chi connectivity index (χ0) is 6.91. The van der Waals surface area contributed by atoms with Crippen molar-refractivity contribution in [1.29, 1.82) is 0 Å². The summed E-state index contributed by atoms with van der Waals surface area (Å²) in [5.41, 5.74) is 0.0139. The van der Waals surface area contributed by atoms with Crippen LogP contribution in [0.15, 0.2) is 0 Å². The van der Waals surface area contributed by atoms with Gasteiger partial charge in [0, 0.05) is 11.3 Å². The van der Waals surface area contributed by atoms with Crippen LogP contribution >= 0.6 is 11.8 Å². The van der Waals surface area contributed by atoms with E-state index < -0.39 is 0 Å². The van der Waals surface area contributed by atoms with Crippen molar-refractivity contribution >= 4 is 17.7 Å². The van der Waals surface area contributed by atoms with E-state index in [1.165, 1.54) is 0 Å². The minimum absolute atomic E-state index is 0.0139. The first-order valence-corrected chi connectivity index (χ1v) is 4.14. The van der Waals surface area contributed by atoms with E-state index in [0.29, 0.717) is 5.75 Å². The molecular weight excluding hydrogens is 134 g/mol. The van der Waals surface area contributed by atoms with Gasteiger partial charge in [0.2, 0.25) is 5.91 Å². The van der Waals surface area contributed by atoms with Gasteiger partial charge in [-0.15, -0.1) is 11.8 Å². The van der Waals surface area contributed by atoms with Crippen molar-refractivity contribution in [2.75, 3.05) is 11.5 Å². The fourth-order valence-corrected chi connectivity index (χ4v) is 1.79. The molecule has 1 amide bonds. The van der Waals surface area contributed by atoms with Crippen LogP contribution in [-0.4, -0.2) is 23.0 Å². The highest BCUT2D eigenvalue weighted by molar-refractivity contribution is 8.00. The van der Waals surface area contributed by atoms with Crippen LogP contribution in [0.3, 0.4) is 0 Å². The Balaban J connectivity index is 2.51. The van der Waals surface area contributed by atoms with Crippen molar-refractivity contribution in [2.24, 2.45) is 0 Å². The fourth-order valence-electron chi connectivity index (χ4n) is 0.848. The Morgan fingerprint density at radius 3 is 2.67 bits per heavy atom. The van der Waals surface area contributed by atoms with E-state index in [2.05, 4.69) is 5.32 Å². The maximum absolute atomic E-state index is 10.7. The van der Waals surface area contributed by atoms with Gasteiger partial charge in [-0.2, -0.15) is 0 Å². The molecule has 0 spiro atoms. The van der Waals surface area contributed by atoms with Crippen LogP contribution in [-0.2, 0) is 4.79 Å². The highest BCUT2D eigenvalue weighted by Crippen LogP contribution is 2.16. The van der Waals surface area contributed by atoms with Gasteiger partial charge >= 0.3 is 0 Å². The van der Waals surface area contributed by atoms with Gasteiger partial charge in [-0.3, -0.25) is 4.79 Å². The Morgan fingerprint density at radius 1 is 1.67 bits per heavy atom. The summed E-state index contributed by atoms with van der Waals surface area (Å²) in [5.74, 6) is 1.82. The predicted octanol–water partition coefficient (Wildman–Crippen LogP) is 0.628. The van der Waals surface area contributed by atoms with Gasteiger partial charge in [0.1, 0.15) is 0 Å². The van der Waals surface area contributed by atoms with Gasteiger partial charge < -0.3 is 5.32 Å². The van der Waals surface area contributed by atoms with Gasteiger partial charge in [-0.05, 0) is 13.8 Å². The summed E-state index contributed by atoms with van der Waals surface area (Å²) in [7, 11) is 0. The second kappa shape index (κ2) is 2.21. The van der Waals surface area contributed by atoms with Crippen LogP contribution in [0.2, 0.25) is 0 Å². The molecule has 0 radical (unpaired) electrons. The summed E-state index contributed by atoms with van der Waals surface area (Å²) < 4.78 is 0. The second-order valence-corrected chi connectivity index (χ2v) is 3.91. The standard InChI is InChI=1S/C6H11NOS/c1-6(2)4-9-3-5(8)7-6/h3-4H2,1-2H3,(H,7,8). The lowest BCUT2D eigenvalue weighted by Crippen LogP contribution is -2.49. The Labute approximate surface area is 59.4 Å². The average molecular weight is 145 g/mol. The third-order valence-electron chi connectivity index (χ3n) is 1.17. The molecule has 0 bridgehead atoms. The first-order valence-electron chi connectivity index (χ1n) is 2.99. The van der Waals surface area contributed by atoms with E-state index in [1.807, 2.05) is 13.8 Å². The van der Waals surface area contributed by atoms with Crippen LogP contribution in [0.1, 0.15) is 13.8 Å². The Kier molecular flexibility index (Phi) is 1.70. The number of hydrogen-bond donors (Lipinski definition) is 1. The topological polar surface area (TPSA) is 29.1 Å². The lowest BCUT2D eigenvalue weighted by Gasteiger charge is -2.29. The largest absolute Gasteiger partial charge is 0.350 e. The first kappa shape index (κ1) is 6.93. The number of carbonyl (C=O) groups excluding carboxylic acids is 1. The van der Waals surface area contributed by atoms with Crippen LogP contribution in [0, 0.1) is 0 Å². The van der Waals surface area contributed by atoms with Crippen molar-refractivity contribution < 1.29 is 4.79 Å². The lowest BCUT2D eigenvalue weighted by atomic mass is 10.1. The zero-order valence-corrected chi connectivity index (χ0v) is 6.55. The number of amides is 1. The minimum atomic E-state index is 0.0139. The molecule has 1 aliphatic rings. The normalized spacial score (nSPS) is 25.3. The van der Waals surface area contributed by atoms with E-state index in [4.69, 9.17) is 0 Å². The molecule has 1 rings (SSSR count). The zero-order valence-electron chi connectivity index (χ0n) is 5.73. The number of hydrogen-bond acceptors (Lipinski definition) is 2. The lowest BCUT2D eigenvalue weighted by molar-refractivity contribution is -0.120. The maximum atomic E-state index is 10.7. The highest BCUT2D eigenvalue weighted by atomic mass is 32.2. The van der Waals surface area contributed by atoms with E-state index in [9.17, 15) is 4.79 Å². The quantitative estimate of drug-likeness (QED) is 0.541. The van der Waals surface area contributed by atoms with Gasteiger partial charge in [-0.25, -0.2) is 0 Å². The molecule has 0 aromatic rings. The van der Waals surface area contributed by atoms with Crippen molar-refractivity contribution in [1.82, 2.24) is 5.32 Å². The molecule has 0 aromatic carbocycles. The number of rotatable bonds is 0.